The van der Waals surface area contributed by atoms with Crippen LogP contribution in [0.1, 0.15) is 28.9 Å². The van der Waals surface area contributed by atoms with Gasteiger partial charge in [0, 0.05) is 29.9 Å². The summed E-state index contributed by atoms with van der Waals surface area (Å²) in [5.74, 6) is -0.415. The minimum Gasteiger partial charge on any atom is -0.352 e. The van der Waals surface area contributed by atoms with Crippen molar-refractivity contribution in [2.45, 2.75) is 38.4 Å². The van der Waals surface area contributed by atoms with Crippen LogP contribution in [0.4, 0.5) is 4.39 Å². The fourth-order valence-electron chi connectivity index (χ4n) is 2.32. The Labute approximate surface area is 139 Å². The minimum absolute atomic E-state index is 0.110. The molecule has 1 N–H and O–H groups in total. The Bertz CT molecular complexity index is 683. The van der Waals surface area contributed by atoms with E-state index in [0.717, 1.165) is 22.1 Å². The zero-order valence-corrected chi connectivity index (χ0v) is 14.3. The molecule has 122 valence electrons. The molecular formula is C17H20FN3OS. The first kappa shape index (κ1) is 17.4. The van der Waals surface area contributed by atoms with E-state index in [0.29, 0.717) is 18.4 Å². The van der Waals surface area contributed by atoms with Crippen molar-refractivity contribution in [1.82, 2.24) is 15.3 Å². The Morgan fingerprint density at radius 2 is 1.87 bits per heavy atom. The van der Waals surface area contributed by atoms with Crippen molar-refractivity contribution in [3.05, 3.63) is 52.6 Å². The number of carbonyl (C=O) groups excluding carboxylic acids is 1. The van der Waals surface area contributed by atoms with Gasteiger partial charge in [-0.2, -0.15) is 0 Å². The summed E-state index contributed by atoms with van der Waals surface area (Å²) in [5, 5.41) is 3.49. The third kappa shape index (κ3) is 4.76. The van der Waals surface area contributed by atoms with Crippen LogP contribution >= 0.6 is 11.8 Å². The van der Waals surface area contributed by atoms with Gasteiger partial charge in [0.05, 0.1) is 0 Å². The molecule has 4 nitrogen and oxygen atoms in total. The summed E-state index contributed by atoms with van der Waals surface area (Å²) in [7, 11) is 0. The van der Waals surface area contributed by atoms with Gasteiger partial charge >= 0.3 is 0 Å². The van der Waals surface area contributed by atoms with Crippen LogP contribution < -0.4 is 5.32 Å². The minimum atomic E-state index is -0.305. The molecule has 0 radical (unpaired) electrons. The third-order valence-electron chi connectivity index (χ3n) is 3.62. The van der Waals surface area contributed by atoms with E-state index in [1.54, 1.807) is 18.2 Å². The van der Waals surface area contributed by atoms with Crippen molar-refractivity contribution in [3.8, 4) is 0 Å². The number of amides is 1. The normalized spacial score (nSPS) is 10.6. The number of aryl methyl sites for hydroxylation is 2. The molecule has 0 spiro atoms. The van der Waals surface area contributed by atoms with E-state index in [1.165, 1.54) is 17.8 Å². The second-order valence-electron chi connectivity index (χ2n) is 5.23. The first-order chi connectivity index (χ1) is 11.0. The zero-order chi connectivity index (χ0) is 16.8. The molecule has 1 aromatic carbocycles. The maximum atomic E-state index is 13.5. The van der Waals surface area contributed by atoms with Crippen LogP contribution in [-0.2, 0) is 17.8 Å². The van der Waals surface area contributed by atoms with E-state index >= 15 is 0 Å². The van der Waals surface area contributed by atoms with Crippen LogP contribution in [0.3, 0.4) is 0 Å². The maximum absolute atomic E-state index is 13.5. The molecule has 23 heavy (non-hydrogen) atoms. The predicted molar refractivity (Wildman–Crippen MR) is 89.9 cm³/mol. The third-order valence-corrected chi connectivity index (χ3v) is 4.17. The first-order valence-corrected chi connectivity index (χ1v) is 8.62. The smallest absolute Gasteiger partial charge is 0.220 e. The van der Waals surface area contributed by atoms with Crippen LogP contribution in [0.15, 0.2) is 29.4 Å². The Morgan fingerprint density at radius 1 is 1.22 bits per heavy atom. The summed E-state index contributed by atoms with van der Waals surface area (Å²) in [6.45, 7) is 4.06. The van der Waals surface area contributed by atoms with Crippen molar-refractivity contribution in [2.24, 2.45) is 0 Å². The first-order valence-electron chi connectivity index (χ1n) is 7.39. The lowest BCUT2D eigenvalue weighted by molar-refractivity contribution is -0.121. The highest BCUT2D eigenvalue weighted by Gasteiger charge is 2.11. The number of nitrogens with one attached hydrogen (secondary N) is 1. The zero-order valence-electron chi connectivity index (χ0n) is 13.5. The van der Waals surface area contributed by atoms with E-state index in [4.69, 9.17) is 0 Å². The van der Waals surface area contributed by atoms with E-state index in [9.17, 15) is 9.18 Å². The molecule has 0 fully saturated rings. The van der Waals surface area contributed by atoms with Gasteiger partial charge in [0.25, 0.3) is 0 Å². The van der Waals surface area contributed by atoms with Gasteiger partial charge in [0.1, 0.15) is 5.82 Å². The number of nitrogens with zero attached hydrogens (tertiary/aromatic N) is 2. The topological polar surface area (TPSA) is 54.9 Å². The number of hydrogen-bond acceptors (Lipinski definition) is 4. The Balaban J connectivity index is 1.91. The number of aromatic nitrogens is 2. The van der Waals surface area contributed by atoms with Gasteiger partial charge in [-0.1, -0.05) is 30.0 Å². The van der Waals surface area contributed by atoms with E-state index in [-0.39, 0.29) is 18.3 Å². The highest BCUT2D eigenvalue weighted by Crippen LogP contribution is 2.17. The quantitative estimate of drug-likeness (QED) is 0.651. The summed E-state index contributed by atoms with van der Waals surface area (Å²) in [6, 6.07) is 6.43. The average molecular weight is 333 g/mol. The largest absolute Gasteiger partial charge is 0.352 e. The molecule has 0 aliphatic heterocycles. The number of thioether (sulfide) groups is 1. The standard InChI is InChI=1S/C17H20FN3OS/c1-11-14(12(2)21-17(20-11)23-3)8-9-16(22)19-10-13-6-4-5-7-15(13)18/h4-7H,8-10H2,1-3H3,(H,19,22). The summed E-state index contributed by atoms with van der Waals surface area (Å²) >= 11 is 1.50. The SMILES string of the molecule is CSc1nc(C)c(CCC(=O)NCc2ccccc2F)c(C)n1. The molecule has 2 aromatic rings. The van der Waals surface area contributed by atoms with Crippen LogP contribution in [0.2, 0.25) is 0 Å². The Morgan fingerprint density at radius 3 is 2.48 bits per heavy atom. The molecule has 1 amide bonds. The van der Waals surface area contributed by atoms with Gasteiger partial charge in [-0.3, -0.25) is 4.79 Å². The Kier molecular flexibility index (Phi) is 6.10. The molecule has 2 rings (SSSR count). The molecule has 1 aromatic heterocycles. The molecule has 0 atom stereocenters. The molecule has 0 saturated heterocycles. The maximum Gasteiger partial charge on any atom is 0.220 e. The number of carbonyl (C=O) groups is 1. The van der Waals surface area contributed by atoms with E-state index < -0.39 is 0 Å². The van der Waals surface area contributed by atoms with Crippen LogP contribution in [0.5, 0.6) is 0 Å². The molecule has 0 aliphatic rings. The summed E-state index contributed by atoms with van der Waals surface area (Å²) in [4.78, 5) is 20.8. The van der Waals surface area contributed by atoms with Gasteiger partial charge in [0.2, 0.25) is 5.91 Å². The fourth-order valence-corrected chi connectivity index (χ4v) is 2.78. The lowest BCUT2D eigenvalue weighted by Crippen LogP contribution is -2.23. The van der Waals surface area contributed by atoms with Crippen molar-refractivity contribution < 1.29 is 9.18 Å². The van der Waals surface area contributed by atoms with Crippen molar-refractivity contribution in [2.75, 3.05) is 6.26 Å². The summed E-state index contributed by atoms with van der Waals surface area (Å²) in [5.41, 5.74) is 3.30. The van der Waals surface area contributed by atoms with Gasteiger partial charge in [0.15, 0.2) is 5.16 Å². The number of hydrogen-bond donors (Lipinski definition) is 1. The number of rotatable bonds is 6. The fraction of sp³-hybridized carbons (Fsp3) is 0.353. The second kappa shape index (κ2) is 8.06. The highest BCUT2D eigenvalue weighted by molar-refractivity contribution is 7.98. The number of halogens is 1. The van der Waals surface area contributed by atoms with Gasteiger partial charge < -0.3 is 5.32 Å². The number of benzene rings is 1. The average Bonchev–Trinajstić information content (AvgIpc) is 2.53. The van der Waals surface area contributed by atoms with Crippen molar-refractivity contribution in [1.29, 1.82) is 0 Å². The lowest BCUT2D eigenvalue weighted by Gasteiger charge is -2.10. The molecule has 0 aliphatic carbocycles. The van der Waals surface area contributed by atoms with Gasteiger partial charge in [-0.05, 0) is 38.2 Å². The van der Waals surface area contributed by atoms with Crippen molar-refractivity contribution in [3.63, 3.8) is 0 Å². The summed E-state index contributed by atoms with van der Waals surface area (Å²) in [6.07, 6.45) is 2.84. The molecule has 0 bridgehead atoms. The molecular weight excluding hydrogens is 313 g/mol. The van der Waals surface area contributed by atoms with E-state index in [1.807, 2.05) is 20.1 Å². The molecule has 0 unspecified atom stereocenters. The molecule has 6 heteroatoms. The van der Waals surface area contributed by atoms with Gasteiger partial charge in [-0.25, -0.2) is 14.4 Å². The van der Waals surface area contributed by atoms with Crippen LogP contribution in [-0.4, -0.2) is 22.1 Å². The monoisotopic (exact) mass is 333 g/mol. The summed E-state index contributed by atoms with van der Waals surface area (Å²) < 4.78 is 13.5. The highest BCUT2D eigenvalue weighted by atomic mass is 32.2. The molecule has 0 saturated carbocycles. The van der Waals surface area contributed by atoms with Crippen LogP contribution in [0, 0.1) is 19.7 Å². The van der Waals surface area contributed by atoms with Crippen LogP contribution in [0.25, 0.3) is 0 Å². The van der Waals surface area contributed by atoms with E-state index in [2.05, 4.69) is 15.3 Å². The lowest BCUT2D eigenvalue weighted by atomic mass is 10.1. The van der Waals surface area contributed by atoms with Crippen molar-refractivity contribution >= 4 is 17.7 Å². The second-order valence-corrected chi connectivity index (χ2v) is 6.00. The Hall–Kier alpha value is -1.95. The predicted octanol–water partition coefficient (Wildman–Crippen LogP) is 3.20. The molecule has 1 heterocycles. The van der Waals surface area contributed by atoms with Gasteiger partial charge in [-0.15, -0.1) is 0 Å².